The Morgan fingerprint density at radius 3 is 2.61 bits per heavy atom. The first kappa shape index (κ1) is 14.1. The van der Waals surface area contributed by atoms with Crippen molar-refractivity contribution < 1.29 is 4.79 Å². The van der Waals surface area contributed by atoms with Crippen LogP contribution in [0.5, 0.6) is 0 Å². The number of thiazole rings is 1. The minimum atomic E-state index is -0.103. The molecule has 4 rings (SSSR count). The van der Waals surface area contributed by atoms with Gasteiger partial charge in [-0.2, -0.15) is 0 Å². The lowest BCUT2D eigenvalue weighted by molar-refractivity contribution is 0.0934. The Bertz CT molecular complexity index is 819. The summed E-state index contributed by atoms with van der Waals surface area (Å²) in [5.41, 5.74) is 4.06. The summed E-state index contributed by atoms with van der Waals surface area (Å²) in [5.74, 6) is -0.103. The van der Waals surface area contributed by atoms with Crippen LogP contribution in [0.4, 0.5) is 0 Å². The Morgan fingerprint density at radius 2 is 1.91 bits per heavy atom. The van der Waals surface area contributed by atoms with Crippen molar-refractivity contribution in [3.05, 3.63) is 71.0 Å². The summed E-state index contributed by atoms with van der Waals surface area (Å²) in [7, 11) is 0. The van der Waals surface area contributed by atoms with Crippen molar-refractivity contribution in [3.63, 3.8) is 0 Å². The van der Waals surface area contributed by atoms with E-state index in [1.54, 1.807) is 17.8 Å². The molecular weight excluding hydrogens is 306 g/mol. The first-order chi connectivity index (χ1) is 11.3. The fourth-order valence-corrected chi connectivity index (χ4v) is 3.71. The Morgan fingerprint density at radius 1 is 1.13 bits per heavy atom. The van der Waals surface area contributed by atoms with E-state index in [2.05, 4.69) is 27.4 Å². The number of nitrogens with zero attached hydrogens (tertiary/aromatic N) is 2. The van der Waals surface area contributed by atoms with Gasteiger partial charge in [-0.05, 0) is 36.1 Å². The van der Waals surface area contributed by atoms with Gasteiger partial charge >= 0.3 is 0 Å². The van der Waals surface area contributed by atoms with Crippen LogP contribution >= 0.6 is 11.3 Å². The molecule has 0 bridgehead atoms. The molecule has 114 valence electrons. The SMILES string of the molecule is O=C(NC1Cc2ccccc2C1)c1csc(-c2cccnc2)n1. The maximum Gasteiger partial charge on any atom is 0.271 e. The number of pyridine rings is 1. The zero-order chi connectivity index (χ0) is 15.6. The number of carbonyl (C=O) groups excluding carboxylic acids is 1. The Kier molecular flexibility index (Phi) is 3.63. The summed E-state index contributed by atoms with van der Waals surface area (Å²) >= 11 is 1.46. The summed E-state index contributed by atoms with van der Waals surface area (Å²) in [6, 6.07) is 12.3. The van der Waals surface area contributed by atoms with Crippen LogP contribution in [0, 0.1) is 0 Å². The van der Waals surface area contributed by atoms with Crippen LogP contribution < -0.4 is 5.32 Å². The molecule has 0 unspecified atom stereocenters. The summed E-state index contributed by atoms with van der Waals surface area (Å²) in [5, 5.41) is 5.72. The third kappa shape index (κ3) is 2.87. The minimum absolute atomic E-state index is 0.103. The lowest BCUT2D eigenvalue weighted by Crippen LogP contribution is -2.35. The van der Waals surface area contributed by atoms with Gasteiger partial charge in [-0.25, -0.2) is 4.98 Å². The maximum atomic E-state index is 12.4. The van der Waals surface area contributed by atoms with Gasteiger partial charge in [0, 0.05) is 29.4 Å². The van der Waals surface area contributed by atoms with Crippen LogP contribution in [0.2, 0.25) is 0 Å². The van der Waals surface area contributed by atoms with E-state index in [9.17, 15) is 4.79 Å². The van der Waals surface area contributed by atoms with Crippen molar-refractivity contribution >= 4 is 17.2 Å². The summed E-state index contributed by atoms with van der Waals surface area (Å²) in [6.45, 7) is 0. The lowest BCUT2D eigenvalue weighted by atomic mass is 10.1. The molecule has 0 saturated heterocycles. The average molecular weight is 321 g/mol. The molecule has 0 atom stereocenters. The first-order valence-electron chi connectivity index (χ1n) is 7.53. The molecule has 0 radical (unpaired) electrons. The standard InChI is InChI=1S/C18H15N3OS/c22-17(20-15-8-12-4-1-2-5-13(12)9-15)16-11-23-18(21-16)14-6-3-7-19-10-14/h1-7,10-11,15H,8-9H2,(H,20,22). The zero-order valence-corrected chi connectivity index (χ0v) is 13.2. The van der Waals surface area contributed by atoms with Gasteiger partial charge in [0.2, 0.25) is 0 Å². The van der Waals surface area contributed by atoms with Crippen molar-refractivity contribution in [1.82, 2.24) is 15.3 Å². The van der Waals surface area contributed by atoms with E-state index in [4.69, 9.17) is 0 Å². The molecule has 2 heterocycles. The van der Waals surface area contributed by atoms with E-state index in [0.717, 1.165) is 23.4 Å². The fourth-order valence-electron chi connectivity index (χ4n) is 2.92. The average Bonchev–Trinajstić information content (AvgIpc) is 3.22. The quantitative estimate of drug-likeness (QED) is 0.806. The molecule has 5 heteroatoms. The van der Waals surface area contributed by atoms with Crippen molar-refractivity contribution in [3.8, 4) is 10.6 Å². The molecule has 0 aliphatic heterocycles. The number of hydrogen-bond acceptors (Lipinski definition) is 4. The smallest absolute Gasteiger partial charge is 0.271 e. The number of nitrogens with one attached hydrogen (secondary N) is 1. The van der Waals surface area contributed by atoms with Gasteiger partial charge in [0.25, 0.3) is 5.91 Å². The van der Waals surface area contributed by atoms with E-state index in [1.807, 2.05) is 24.3 Å². The highest BCUT2D eigenvalue weighted by atomic mass is 32.1. The van der Waals surface area contributed by atoms with E-state index in [1.165, 1.54) is 22.5 Å². The molecule has 0 fully saturated rings. The van der Waals surface area contributed by atoms with E-state index < -0.39 is 0 Å². The zero-order valence-electron chi connectivity index (χ0n) is 12.4. The number of rotatable bonds is 3. The summed E-state index contributed by atoms with van der Waals surface area (Å²) in [6.07, 6.45) is 5.26. The van der Waals surface area contributed by atoms with Crippen molar-refractivity contribution in [1.29, 1.82) is 0 Å². The highest BCUT2D eigenvalue weighted by molar-refractivity contribution is 7.13. The second kappa shape index (κ2) is 5.93. The van der Waals surface area contributed by atoms with Gasteiger partial charge in [-0.3, -0.25) is 9.78 Å². The Labute approximate surface area is 138 Å². The van der Waals surface area contributed by atoms with Crippen LogP contribution in [-0.2, 0) is 12.8 Å². The molecule has 0 saturated carbocycles. The van der Waals surface area contributed by atoms with Gasteiger partial charge in [-0.15, -0.1) is 11.3 Å². The number of benzene rings is 1. The molecule has 1 aliphatic carbocycles. The van der Waals surface area contributed by atoms with E-state index >= 15 is 0 Å². The number of amides is 1. The van der Waals surface area contributed by atoms with E-state index in [-0.39, 0.29) is 11.9 Å². The topological polar surface area (TPSA) is 54.9 Å². The van der Waals surface area contributed by atoms with Gasteiger partial charge in [0.15, 0.2) is 0 Å². The molecule has 0 spiro atoms. The highest BCUT2D eigenvalue weighted by Crippen LogP contribution is 2.24. The van der Waals surface area contributed by atoms with Crippen LogP contribution in [0.25, 0.3) is 10.6 Å². The number of aromatic nitrogens is 2. The van der Waals surface area contributed by atoms with Crippen molar-refractivity contribution in [2.45, 2.75) is 18.9 Å². The highest BCUT2D eigenvalue weighted by Gasteiger charge is 2.23. The molecule has 1 aromatic carbocycles. The van der Waals surface area contributed by atoms with E-state index in [0.29, 0.717) is 5.69 Å². The fraction of sp³-hybridized carbons (Fsp3) is 0.167. The summed E-state index contributed by atoms with van der Waals surface area (Å²) in [4.78, 5) is 20.9. The summed E-state index contributed by atoms with van der Waals surface area (Å²) < 4.78 is 0. The molecule has 23 heavy (non-hydrogen) atoms. The predicted molar refractivity (Wildman–Crippen MR) is 90.4 cm³/mol. The molecule has 2 aromatic heterocycles. The number of fused-ring (bicyclic) bond motifs is 1. The van der Waals surface area contributed by atoms with Gasteiger partial charge in [0.05, 0.1) is 0 Å². The normalized spacial score (nSPS) is 13.7. The lowest BCUT2D eigenvalue weighted by Gasteiger charge is -2.10. The third-order valence-corrected chi connectivity index (χ3v) is 4.92. The minimum Gasteiger partial charge on any atom is -0.347 e. The molecule has 1 amide bonds. The maximum absolute atomic E-state index is 12.4. The second-order valence-electron chi connectivity index (χ2n) is 5.63. The third-order valence-electron chi connectivity index (χ3n) is 4.03. The Hall–Kier alpha value is -2.53. The van der Waals surface area contributed by atoms with Crippen LogP contribution in [0.3, 0.4) is 0 Å². The van der Waals surface area contributed by atoms with Crippen molar-refractivity contribution in [2.75, 3.05) is 0 Å². The van der Waals surface area contributed by atoms with Crippen molar-refractivity contribution in [2.24, 2.45) is 0 Å². The monoisotopic (exact) mass is 321 g/mol. The number of hydrogen-bond donors (Lipinski definition) is 1. The van der Waals surface area contributed by atoms with Gasteiger partial charge < -0.3 is 5.32 Å². The number of carbonyl (C=O) groups is 1. The molecule has 1 aliphatic rings. The molecular formula is C18H15N3OS. The van der Waals surface area contributed by atoms with Gasteiger partial charge in [-0.1, -0.05) is 24.3 Å². The predicted octanol–water partition coefficient (Wildman–Crippen LogP) is 3.10. The molecule has 3 aromatic rings. The molecule has 4 nitrogen and oxygen atoms in total. The molecule has 1 N–H and O–H groups in total. The van der Waals surface area contributed by atoms with Crippen LogP contribution in [-0.4, -0.2) is 21.9 Å². The Balaban J connectivity index is 1.46. The van der Waals surface area contributed by atoms with Gasteiger partial charge in [0.1, 0.15) is 10.7 Å². The second-order valence-corrected chi connectivity index (χ2v) is 6.49. The largest absolute Gasteiger partial charge is 0.347 e. The van der Waals surface area contributed by atoms with Crippen LogP contribution in [0.15, 0.2) is 54.2 Å². The van der Waals surface area contributed by atoms with Crippen LogP contribution in [0.1, 0.15) is 21.6 Å². The first-order valence-corrected chi connectivity index (χ1v) is 8.41.